The lowest BCUT2D eigenvalue weighted by molar-refractivity contribution is -0.199. The summed E-state index contributed by atoms with van der Waals surface area (Å²) in [6.45, 7) is -0.123. The molecule has 0 amide bonds. The van der Waals surface area contributed by atoms with Crippen molar-refractivity contribution >= 4 is 22.8 Å². The van der Waals surface area contributed by atoms with Gasteiger partial charge in [-0.3, -0.25) is 4.79 Å². The first-order chi connectivity index (χ1) is 10.4. The second-order valence-corrected chi connectivity index (χ2v) is 5.26. The molecular weight excluding hydrogens is 301 g/mol. The van der Waals surface area contributed by atoms with Crippen LogP contribution < -0.4 is 4.90 Å². The van der Waals surface area contributed by atoms with E-state index in [0.717, 1.165) is 0 Å². The summed E-state index contributed by atoms with van der Waals surface area (Å²) in [5.74, 6) is -4.31. The minimum Gasteiger partial charge on any atom is -0.481 e. The van der Waals surface area contributed by atoms with Gasteiger partial charge in [-0.2, -0.15) is 13.2 Å². The zero-order valence-electron chi connectivity index (χ0n) is 11.3. The number of aromatic amines is 1. The number of fused-ring (bicyclic) bond motifs is 1. The van der Waals surface area contributed by atoms with Crippen molar-refractivity contribution in [3.8, 4) is 0 Å². The highest BCUT2D eigenvalue weighted by Gasteiger charge is 2.50. The van der Waals surface area contributed by atoms with Crippen molar-refractivity contribution in [1.82, 2.24) is 15.0 Å². The number of alkyl halides is 3. The Morgan fingerprint density at radius 3 is 2.86 bits per heavy atom. The molecule has 6 nitrogen and oxygen atoms in total. The SMILES string of the molecule is O=C(O)[C@H]1CN(c2ncnc3[nH]ccc23)CC[C@@H]1C(F)(F)F. The molecule has 0 radical (unpaired) electrons. The van der Waals surface area contributed by atoms with Gasteiger partial charge in [-0.25, -0.2) is 9.97 Å². The molecule has 3 heterocycles. The van der Waals surface area contributed by atoms with E-state index in [4.69, 9.17) is 5.11 Å². The lowest BCUT2D eigenvalue weighted by atomic mass is 9.85. The number of aliphatic carboxylic acids is 1. The number of aromatic nitrogens is 3. The summed E-state index contributed by atoms with van der Waals surface area (Å²) < 4.78 is 38.9. The van der Waals surface area contributed by atoms with E-state index in [2.05, 4.69) is 15.0 Å². The zero-order valence-corrected chi connectivity index (χ0v) is 11.3. The van der Waals surface area contributed by atoms with E-state index in [0.29, 0.717) is 16.9 Å². The van der Waals surface area contributed by atoms with Crippen LogP contribution in [-0.2, 0) is 4.79 Å². The number of piperidine rings is 1. The molecule has 1 aliphatic rings. The number of halogens is 3. The van der Waals surface area contributed by atoms with Gasteiger partial charge >= 0.3 is 12.1 Å². The molecule has 0 aromatic carbocycles. The Balaban J connectivity index is 1.92. The molecule has 2 aromatic rings. The average Bonchev–Trinajstić information content (AvgIpc) is 2.93. The third kappa shape index (κ3) is 2.46. The van der Waals surface area contributed by atoms with Gasteiger partial charge in [0.2, 0.25) is 0 Å². The van der Waals surface area contributed by atoms with Crippen molar-refractivity contribution in [2.45, 2.75) is 12.6 Å². The maximum atomic E-state index is 13.0. The minimum absolute atomic E-state index is 0.102. The zero-order chi connectivity index (χ0) is 15.9. The van der Waals surface area contributed by atoms with Gasteiger partial charge in [0.15, 0.2) is 0 Å². The van der Waals surface area contributed by atoms with Crippen molar-refractivity contribution in [3.63, 3.8) is 0 Å². The summed E-state index contributed by atoms with van der Waals surface area (Å²) in [6, 6.07) is 1.72. The van der Waals surface area contributed by atoms with Gasteiger partial charge in [0, 0.05) is 19.3 Å². The van der Waals surface area contributed by atoms with Gasteiger partial charge in [-0.05, 0) is 12.5 Å². The molecule has 2 atom stereocenters. The van der Waals surface area contributed by atoms with E-state index in [1.807, 2.05) is 0 Å². The summed E-state index contributed by atoms with van der Waals surface area (Å²) in [4.78, 5) is 23.8. The predicted molar refractivity (Wildman–Crippen MR) is 71.4 cm³/mol. The van der Waals surface area contributed by atoms with Crippen molar-refractivity contribution in [3.05, 3.63) is 18.6 Å². The average molecular weight is 314 g/mol. The molecule has 22 heavy (non-hydrogen) atoms. The molecule has 2 N–H and O–H groups in total. The van der Waals surface area contributed by atoms with Crippen LogP contribution in [0.15, 0.2) is 18.6 Å². The van der Waals surface area contributed by atoms with E-state index >= 15 is 0 Å². The van der Waals surface area contributed by atoms with Crippen LogP contribution in [0.3, 0.4) is 0 Å². The Morgan fingerprint density at radius 2 is 2.18 bits per heavy atom. The summed E-state index contributed by atoms with van der Waals surface area (Å²) in [5.41, 5.74) is 0.565. The highest BCUT2D eigenvalue weighted by molar-refractivity contribution is 5.87. The number of rotatable bonds is 2. The maximum Gasteiger partial charge on any atom is 0.392 e. The smallest absolute Gasteiger partial charge is 0.392 e. The standard InChI is InChI=1S/C13H13F3N4O2/c14-13(15,16)9-2-4-20(5-8(9)12(21)22)11-7-1-3-17-10(7)18-6-19-11/h1,3,6,8-9H,2,4-5H2,(H,21,22)(H,17,18,19)/t8-,9-/m0/s1. The Labute approximate surface area is 123 Å². The van der Waals surface area contributed by atoms with Gasteiger partial charge in [-0.1, -0.05) is 0 Å². The Hall–Kier alpha value is -2.32. The van der Waals surface area contributed by atoms with Crippen LogP contribution in [0.1, 0.15) is 6.42 Å². The molecule has 0 aliphatic carbocycles. The van der Waals surface area contributed by atoms with Crippen LogP contribution in [0.2, 0.25) is 0 Å². The highest BCUT2D eigenvalue weighted by atomic mass is 19.4. The minimum atomic E-state index is -4.51. The van der Waals surface area contributed by atoms with E-state index in [1.54, 1.807) is 17.2 Å². The number of nitrogens with one attached hydrogen (secondary N) is 1. The second kappa shape index (κ2) is 5.15. The van der Waals surface area contributed by atoms with Crippen LogP contribution in [0, 0.1) is 11.8 Å². The Morgan fingerprint density at radius 1 is 1.41 bits per heavy atom. The fraction of sp³-hybridized carbons (Fsp3) is 0.462. The lowest BCUT2D eigenvalue weighted by Gasteiger charge is -2.38. The number of hydrogen-bond donors (Lipinski definition) is 2. The van der Waals surface area contributed by atoms with Gasteiger partial charge in [0.25, 0.3) is 0 Å². The molecule has 118 valence electrons. The lowest BCUT2D eigenvalue weighted by Crippen LogP contribution is -2.49. The van der Waals surface area contributed by atoms with Crippen molar-refractivity contribution < 1.29 is 23.1 Å². The second-order valence-electron chi connectivity index (χ2n) is 5.26. The quantitative estimate of drug-likeness (QED) is 0.886. The fourth-order valence-corrected chi connectivity index (χ4v) is 2.90. The fourth-order valence-electron chi connectivity index (χ4n) is 2.90. The van der Waals surface area contributed by atoms with Crippen LogP contribution in [0.5, 0.6) is 0 Å². The van der Waals surface area contributed by atoms with E-state index in [-0.39, 0.29) is 19.5 Å². The van der Waals surface area contributed by atoms with E-state index in [9.17, 15) is 18.0 Å². The van der Waals surface area contributed by atoms with E-state index in [1.165, 1.54) is 6.33 Å². The molecule has 0 spiro atoms. The number of carbonyl (C=O) groups is 1. The number of carboxylic acids is 1. The number of H-pyrrole nitrogens is 1. The molecular formula is C13H13F3N4O2. The first-order valence-electron chi connectivity index (χ1n) is 6.70. The largest absolute Gasteiger partial charge is 0.481 e. The number of carboxylic acid groups (broad SMARTS) is 1. The number of hydrogen-bond acceptors (Lipinski definition) is 4. The third-order valence-corrected chi connectivity index (χ3v) is 3.98. The molecule has 2 aromatic heterocycles. The summed E-state index contributed by atoms with van der Waals surface area (Å²) in [6.07, 6.45) is -1.82. The van der Waals surface area contributed by atoms with Crippen LogP contribution in [-0.4, -0.2) is 45.3 Å². The first-order valence-corrected chi connectivity index (χ1v) is 6.70. The normalized spacial score (nSPS) is 23.0. The van der Waals surface area contributed by atoms with Gasteiger partial charge in [-0.15, -0.1) is 0 Å². The first kappa shape index (κ1) is 14.6. The van der Waals surface area contributed by atoms with Crippen molar-refractivity contribution in [2.75, 3.05) is 18.0 Å². The molecule has 0 saturated carbocycles. The summed E-state index contributed by atoms with van der Waals surface area (Å²) in [7, 11) is 0. The van der Waals surface area contributed by atoms with E-state index < -0.39 is 24.0 Å². The topological polar surface area (TPSA) is 82.1 Å². The van der Waals surface area contributed by atoms with Gasteiger partial charge in [0.1, 0.15) is 17.8 Å². The predicted octanol–water partition coefficient (Wildman–Crippen LogP) is 2.05. The molecule has 1 fully saturated rings. The summed E-state index contributed by atoms with van der Waals surface area (Å²) >= 11 is 0. The summed E-state index contributed by atoms with van der Waals surface area (Å²) in [5, 5.41) is 9.81. The number of anilines is 1. The molecule has 0 unspecified atom stereocenters. The molecule has 3 rings (SSSR count). The monoisotopic (exact) mass is 314 g/mol. The highest BCUT2D eigenvalue weighted by Crippen LogP contribution is 2.39. The van der Waals surface area contributed by atoms with Crippen molar-refractivity contribution in [1.29, 1.82) is 0 Å². The van der Waals surface area contributed by atoms with Crippen LogP contribution in [0.4, 0.5) is 19.0 Å². The van der Waals surface area contributed by atoms with Gasteiger partial charge in [0.05, 0.1) is 17.2 Å². The van der Waals surface area contributed by atoms with Crippen LogP contribution >= 0.6 is 0 Å². The maximum absolute atomic E-state index is 13.0. The van der Waals surface area contributed by atoms with Crippen molar-refractivity contribution in [2.24, 2.45) is 11.8 Å². The molecule has 1 aliphatic heterocycles. The molecule has 9 heteroatoms. The van der Waals surface area contributed by atoms with Gasteiger partial charge < -0.3 is 15.0 Å². The molecule has 0 bridgehead atoms. The Kier molecular flexibility index (Phi) is 3.42. The third-order valence-electron chi connectivity index (χ3n) is 3.98. The Bertz CT molecular complexity index is 700. The molecule has 1 saturated heterocycles. The van der Waals surface area contributed by atoms with Crippen LogP contribution in [0.25, 0.3) is 11.0 Å². The number of nitrogens with zero attached hydrogens (tertiary/aromatic N) is 3.